The average Bonchev–Trinajstić information content (AvgIpc) is 2.14. The Kier molecular flexibility index (Phi) is 1.88. The van der Waals surface area contributed by atoms with Crippen LogP contribution in [0.2, 0.25) is 0 Å². The first-order valence-electron chi connectivity index (χ1n) is 4.99. The Hall–Kier alpha value is -1.30. The zero-order chi connectivity index (χ0) is 10.3. The smallest absolute Gasteiger partial charge is 0.00571 e. The van der Waals surface area contributed by atoms with Gasteiger partial charge in [-0.3, -0.25) is 0 Å². The van der Waals surface area contributed by atoms with Crippen molar-refractivity contribution in [1.82, 2.24) is 0 Å². The molecular weight excluding hydrogens is 168 g/mol. The lowest BCUT2D eigenvalue weighted by atomic mass is 9.69. The number of hydrogen-bond donors (Lipinski definition) is 0. The first-order valence-corrected chi connectivity index (χ1v) is 4.99. The summed E-state index contributed by atoms with van der Waals surface area (Å²) in [5.74, 6) is 0. The molecule has 0 atom stereocenters. The van der Waals surface area contributed by atoms with Crippen LogP contribution < -0.4 is 0 Å². The molecular formula is C14H16. The van der Waals surface area contributed by atoms with Gasteiger partial charge in [0.15, 0.2) is 0 Å². The van der Waals surface area contributed by atoms with Gasteiger partial charge in [0.25, 0.3) is 0 Å². The van der Waals surface area contributed by atoms with E-state index < -0.39 is 0 Å². The summed E-state index contributed by atoms with van der Waals surface area (Å²) in [4.78, 5) is 0. The molecule has 1 aromatic rings. The molecule has 2 rings (SSSR count). The molecule has 0 saturated heterocycles. The van der Waals surface area contributed by atoms with Crippen LogP contribution in [0.5, 0.6) is 0 Å². The highest BCUT2D eigenvalue weighted by Crippen LogP contribution is 2.43. The van der Waals surface area contributed by atoms with E-state index in [1.807, 2.05) is 0 Å². The molecule has 0 nitrogen and oxygen atoms in total. The van der Waals surface area contributed by atoms with Crippen molar-refractivity contribution in [3.63, 3.8) is 0 Å². The number of allylic oxidation sites excluding steroid dienone is 2. The van der Waals surface area contributed by atoms with Crippen molar-refractivity contribution in [2.24, 2.45) is 0 Å². The van der Waals surface area contributed by atoms with E-state index in [0.29, 0.717) is 0 Å². The Morgan fingerprint density at radius 3 is 2.50 bits per heavy atom. The van der Waals surface area contributed by atoms with E-state index >= 15 is 0 Å². The summed E-state index contributed by atoms with van der Waals surface area (Å²) in [6.45, 7) is 12.7. The van der Waals surface area contributed by atoms with Crippen LogP contribution in [-0.2, 0) is 5.41 Å². The van der Waals surface area contributed by atoms with E-state index in [9.17, 15) is 0 Å². The van der Waals surface area contributed by atoms with Gasteiger partial charge in [-0.05, 0) is 34.1 Å². The van der Waals surface area contributed by atoms with Crippen molar-refractivity contribution in [2.45, 2.75) is 25.7 Å². The second-order valence-electron chi connectivity index (χ2n) is 4.69. The predicted octanol–water partition coefficient (Wildman–Crippen LogP) is 3.94. The van der Waals surface area contributed by atoms with Gasteiger partial charge < -0.3 is 0 Å². The molecule has 0 bridgehead atoms. The normalized spacial score (nSPS) is 19.3. The van der Waals surface area contributed by atoms with Crippen LogP contribution in [-0.4, -0.2) is 0 Å². The SMILES string of the molecule is C=C1CC(C)(C)c2ccccc2C1=C. The molecule has 0 fully saturated rings. The molecule has 1 aliphatic carbocycles. The van der Waals surface area contributed by atoms with Gasteiger partial charge in [0.2, 0.25) is 0 Å². The maximum absolute atomic E-state index is 4.10. The Bertz CT molecular complexity index is 408. The van der Waals surface area contributed by atoms with E-state index in [1.54, 1.807) is 0 Å². The van der Waals surface area contributed by atoms with E-state index in [1.165, 1.54) is 16.7 Å². The van der Waals surface area contributed by atoms with Crippen LogP contribution >= 0.6 is 0 Å². The molecule has 0 amide bonds. The highest BCUT2D eigenvalue weighted by molar-refractivity contribution is 5.81. The Labute approximate surface area is 86.0 Å². The van der Waals surface area contributed by atoms with Crippen molar-refractivity contribution < 1.29 is 0 Å². The van der Waals surface area contributed by atoms with Gasteiger partial charge in [-0.25, -0.2) is 0 Å². The summed E-state index contributed by atoms with van der Waals surface area (Å²) >= 11 is 0. The van der Waals surface area contributed by atoms with E-state index in [2.05, 4.69) is 51.3 Å². The number of fused-ring (bicyclic) bond motifs is 1. The van der Waals surface area contributed by atoms with E-state index in [4.69, 9.17) is 0 Å². The minimum Gasteiger partial charge on any atom is -0.0952 e. The van der Waals surface area contributed by atoms with Crippen LogP contribution in [0.15, 0.2) is 43.0 Å². The van der Waals surface area contributed by atoms with Gasteiger partial charge in [0.1, 0.15) is 0 Å². The van der Waals surface area contributed by atoms with E-state index in [0.717, 1.165) is 12.0 Å². The third-order valence-corrected chi connectivity index (χ3v) is 3.06. The fraction of sp³-hybridized carbons (Fsp3) is 0.286. The highest BCUT2D eigenvalue weighted by Gasteiger charge is 2.30. The summed E-state index contributed by atoms with van der Waals surface area (Å²) in [7, 11) is 0. The fourth-order valence-corrected chi connectivity index (χ4v) is 2.26. The second-order valence-corrected chi connectivity index (χ2v) is 4.69. The molecule has 0 heterocycles. The lowest BCUT2D eigenvalue weighted by Gasteiger charge is -2.34. The zero-order valence-corrected chi connectivity index (χ0v) is 8.93. The molecule has 0 N–H and O–H groups in total. The Morgan fingerprint density at radius 1 is 1.14 bits per heavy atom. The molecule has 0 radical (unpaired) electrons. The van der Waals surface area contributed by atoms with E-state index in [-0.39, 0.29) is 5.41 Å². The predicted molar refractivity (Wildman–Crippen MR) is 62.3 cm³/mol. The third kappa shape index (κ3) is 1.22. The molecule has 0 heteroatoms. The fourth-order valence-electron chi connectivity index (χ4n) is 2.26. The quantitative estimate of drug-likeness (QED) is 0.573. The lowest BCUT2D eigenvalue weighted by molar-refractivity contribution is 0.517. The number of rotatable bonds is 0. The van der Waals surface area contributed by atoms with Crippen molar-refractivity contribution in [2.75, 3.05) is 0 Å². The van der Waals surface area contributed by atoms with Crippen LogP contribution in [0.4, 0.5) is 0 Å². The lowest BCUT2D eigenvalue weighted by Crippen LogP contribution is -2.24. The molecule has 14 heavy (non-hydrogen) atoms. The van der Waals surface area contributed by atoms with Gasteiger partial charge in [0.05, 0.1) is 0 Å². The Balaban J connectivity index is 2.67. The summed E-state index contributed by atoms with van der Waals surface area (Å²) in [5.41, 5.74) is 5.16. The first-order chi connectivity index (χ1) is 6.52. The van der Waals surface area contributed by atoms with Crippen molar-refractivity contribution in [1.29, 1.82) is 0 Å². The maximum Gasteiger partial charge on any atom is -0.00571 e. The molecule has 0 unspecified atom stereocenters. The number of hydrogen-bond acceptors (Lipinski definition) is 0. The van der Waals surface area contributed by atoms with Crippen LogP contribution in [0.25, 0.3) is 5.57 Å². The molecule has 0 saturated carbocycles. The van der Waals surface area contributed by atoms with Gasteiger partial charge in [-0.1, -0.05) is 51.3 Å². The van der Waals surface area contributed by atoms with Gasteiger partial charge in [-0.15, -0.1) is 0 Å². The molecule has 72 valence electrons. The standard InChI is InChI=1S/C14H16/c1-10-9-14(3,4)13-8-6-5-7-12(13)11(10)2/h5-8H,1-2,9H2,3-4H3. The average molecular weight is 184 g/mol. The van der Waals surface area contributed by atoms with Crippen molar-refractivity contribution in [3.8, 4) is 0 Å². The highest BCUT2D eigenvalue weighted by atomic mass is 14.3. The van der Waals surface area contributed by atoms with Crippen LogP contribution in [0.1, 0.15) is 31.4 Å². The monoisotopic (exact) mass is 184 g/mol. The summed E-state index contributed by atoms with van der Waals surface area (Å²) in [5, 5.41) is 0. The zero-order valence-electron chi connectivity index (χ0n) is 8.93. The summed E-state index contributed by atoms with van der Waals surface area (Å²) < 4.78 is 0. The first kappa shape index (κ1) is 9.26. The number of benzene rings is 1. The topological polar surface area (TPSA) is 0 Å². The summed E-state index contributed by atoms with van der Waals surface area (Å²) in [6.07, 6.45) is 1.02. The Morgan fingerprint density at radius 2 is 1.79 bits per heavy atom. The second kappa shape index (κ2) is 2.84. The third-order valence-electron chi connectivity index (χ3n) is 3.06. The molecule has 0 spiro atoms. The van der Waals surface area contributed by atoms with Gasteiger partial charge in [0, 0.05) is 0 Å². The van der Waals surface area contributed by atoms with Crippen molar-refractivity contribution >= 4 is 5.57 Å². The summed E-state index contributed by atoms with van der Waals surface area (Å²) in [6, 6.07) is 8.51. The maximum atomic E-state index is 4.10. The van der Waals surface area contributed by atoms with Gasteiger partial charge in [-0.2, -0.15) is 0 Å². The molecule has 0 aliphatic heterocycles. The molecule has 0 aromatic heterocycles. The van der Waals surface area contributed by atoms with Crippen molar-refractivity contribution in [3.05, 3.63) is 54.1 Å². The van der Waals surface area contributed by atoms with Gasteiger partial charge >= 0.3 is 0 Å². The largest absolute Gasteiger partial charge is 0.0952 e. The minimum absolute atomic E-state index is 0.203. The van der Waals surface area contributed by atoms with Crippen LogP contribution in [0.3, 0.4) is 0 Å². The van der Waals surface area contributed by atoms with Crippen LogP contribution in [0, 0.1) is 0 Å². The minimum atomic E-state index is 0.203. The molecule has 1 aromatic carbocycles. The molecule has 1 aliphatic rings.